The van der Waals surface area contributed by atoms with Crippen molar-refractivity contribution in [1.29, 1.82) is 0 Å². The minimum atomic E-state index is 0.369. The predicted octanol–water partition coefficient (Wildman–Crippen LogP) is 2.86. The fraction of sp³-hybridized carbons (Fsp3) is 0.929. The zero-order valence-electron chi connectivity index (χ0n) is 10.9. The zero-order chi connectivity index (χ0) is 11.7. The molecule has 2 bridgehead atoms. The van der Waals surface area contributed by atoms with Crippen molar-refractivity contribution in [2.75, 3.05) is 7.05 Å². The molecule has 0 spiro atoms. The first kappa shape index (κ1) is 12.1. The average molecular weight is 223 g/mol. The normalized spacial score (nSPS) is 35.4. The van der Waals surface area contributed by atoms with Gasteiger partial charge in [-0.3, -0.25) is 4.79 Å². The van der Waals surface area contributed by atoms with Crippen LogP contribution in [0.5, 0.6) is 0 Å². The third-order valence-electron chi connectivity index (χ3n) is 4.40. The highest BCUT2D eigenvalue weighted by Crippen LogP contribution is 2.36. The van der Waals surface area contributed by atoms with E-state index in [4.69, 9.17) is 0 Å². The van der Waals surface area contributed by atoms with Gasteiger partial charge in [-0.2, -0.15) is 0 Å². The molecule has 2 nitrogen and oxygen atoms in total. The zero-order valence-corrected chi connectivity index (χ0v) is 10.9. The van der Waals surface area contributed by atoms with E-state index in [1.165, 1.54) is 19.3 Å². The molecule has 2 heteroatoms. The fourth-order valence-corrected chi connectivity index (χ4v) is 3.45. The summed E-state index contributed by atoms with van der Waals surface area (Å²) in [5, 5.41) is 0. The van der Waals surface area contributed by atoms with E-state index >= 15 is 0 Å². The fourth-order valence-electron chi connectivity index (χ4n) is 3.45. The summed E-state index contributed by atoms with van der Waals surface area (Å²) < 4.78 is 0. The summed E-state index contributed by atoms with van der Waals surface area (Å²) in [6.07, 6.45) is 7.01. The molecule has 2 atom stereocenters. The molecule has 2 rings (SSSR count). The molecule has 0 N–H and O–H groups in total. The van der Waals surface area contributed by atoms with E-state index in [1.54, 1.807) is 0 Å². The Morgan fingerprint density at radius 1 is 1.25 bits per heavy atom. The Bertz CT molecular complexity index is 247. The summed E-state index contributed by atoms with van der Waals surface area (Å²) in [7, 11) is 2.25. The van der Waals surface area contributed by atoms with Crippen LogP contribution >= 0.6 is 0 Å². The molecule has 2 aliphatic rings. The molecular formula is C14H25NO. The Labute approximate surface area is 99.4 Å². The largest absolute Gasteiger partial charge is 0.300 e. The highest BCUT2D eigenvalue weighted by molar-refractivity contribution is 5.81. The molecule has 92 valence electrons. The van der Waals surface area contributed by atoms with Crippen LogP contribution in [0.1, 0.15) is 52.4 Å². The van der Waals surface area contributed by atoms with Gasteiger partial charge in [0.25, 0.3) is 0 Å². The first-order chi connectivity index (χ1) is 7.58. The second kappa shape index (κ2) is 4.87. The molecule has 2 unspecified atom stereocenters. The third kappa shape index (κ3) is 2.48. The lowest BCUT2D eigenvalue weighted by Crippen LogP contribution is -2.51. The molecule has 16 heavy (non-hydrogen) atoms. The quantitative estimate of drug-likeness (QED) is 0.733. The Morgan fingerprint density at radius 2 is 1.81 bits per heavy atom. The number of piperidine rings is 2. The molecule has 2 heterocycles. The molecule has 0 aliphatic carbocycles. The highest BCUT2D eigenvalue weighted by atomic mass is 16.1. The lowest BCUT2D eigenvalue weighted by molar-refractivity contribution is -0.127. The number of ketones is 1. The van der Waals surface area contributed by atoms with Gasteiger partial charge in [0, 0.05) is 24.4 Å². The minimum absolute atomic E-state index is 0.369. The number of Topliss-reactive ketones (excluding diaryl/α,β-unsaturated/α-hetero) is 1. The molecule has 0 saturated carbocycles. The van der Waals surface area contributed by atoms with E-state index < -0.39 is 0 Å². The van der Waals surface area contributed by atoms with Gasteiger partial charge in [0.05, 0.1) is 0 Å². The number of hydrogen-bond donors (Lipinski definition) is 0. The van der Waals surface area contributed by atoms with Gasteiger partial charge < -0.3 is 4.90 Å². The molecule has 0 aromatic carbocycles. The molecule has 0 aromatic rings. The minimum Gasteiger partial charge on any atom is -0.300 e. The van der Waals surface area contributed by atoms with Crippen molar-refractivity contribution < 1.29 is 4.79 Å². The van der Waals surface area contributed by atoms with Crippen LogP contribution < -0.4 is 0 Å². The van der Waals surface area contributed by atoms with Crippen LogP contribution in [0.15, 0.2) is 0 Å². The number of carbonyl (C=O) groups excluding carboxylic acids is 1. The number of carbonyl (C=O) groups is 1. The number of rotatable bonds is 3. The molecule has 0 radical (unpaired) electrons. The van der Waals surface area contributed by atoms with Gasteiger partial charge in [0.2, 0.25) is 0 Å². The van der Waals surface area contributed by atoms with Crippen LogP contribution in [0.4, 0.5) is 0 Å². The Kier molecular flexibility index (Phi) is 3.68. The number of hydrogen-bond acceptors (Lipinski definition) is 2. The van der Waals surface area contributed by atoms with Crippen LogP contribution in [0.25, 0.3) is 0 Å². The lowest BCUT2D eigenvalue weighted by atomic mass is 9.76. The van der Waals surface area contributed by atoms with E-state index in [2.05, 4.69) is 25.8 Å². The average Bonchev–Trinajstić information content (AvgIpc) is 2.15. The molecule has 0 amide bonds. The van der Waals surface area contributed by atoms with Crippen molar-refractivity contribution in [1.82, 2.24) is 4.90 Å². The van der Waals surface area contributed by atoms with E-state index in [9.17, 15) is 4.79 Å². The van der Waals surface area contributed by atoms with Crippen molar-refractivity contribution in [3.8, 4) is 0 Å². The van der Waals surface area contributed by atoms with Gasteiger partial charge in [-0.25, -0.2) is 0 Å². The molecule has 0 aromatic heterocycles. The SMILES string of the molecule is CC(C)CC(=O)C1CC2CCCC(C1)N2C. The summed E-state index contributed by atoms with van der Waals surface area (Å²) >= 11 is 0. The van der Waals surface area contributed by atoms with Gasteiger partial charge in [-0.1, -0.05) is 20.3 Å². The topological polar surface area (TPSA) is 20.3 Å². The molecule has 2 saturated heterocycles. The first-order valence-corrected chi connectivity index (χ1v) is 6.82. The van der Waals surface area contributed by atoms with Crippen LogP contribution in [0.3, 0.4) is 0 Å². The van der Waals surface area contributed by atoms with E-state index in [1.807, 2.05) is 0 Å². The monoisotopic (exact) mass is 223 g/mol. The first-order valence-electron chi connectivity index (χ1n) is 6.82. The molecule has 2 aliphatic heterocycles. The van der Waals surface area contributed by atoms with Gasteiger partial charge in [0.15, 0.2) is 0 Å². The second-order valence-electron chi connectivity index (χ2n) is 6.14. The smallest absolute Gasteiger partial charge is 0.136 e. The van der Waals surface area contributed by atoms with Crippen molar-refractivity contribution in [2.45, 2.75) is 64.5 Å². The molecular weight excluding hydrogens is 198 g/mol. The van der Waals surface area contributed by atoms with Gasteiger partial charge in [-0.15, -0.1) is 0 Å². The van der Waals surface area contributed by atoms with Crippen LogP contribution in [-0.2, 0) is 4.79 Å². The van der Waals surface area contributed by atoms with E-state index in [-0.39, 0.29) is 0 Å². The maximum atomic E-state index is 12.1. The summed E-state index contributed by atoms with van der Waals surface area (Å²) in [4.78, 5) is 14.7. The van der Waals surface area contributed by atoms with Crippen molar-refractivity contribution in [2.24, 2.45) is 11.8 Å². The van der Waals surface area contributed by atoms with Gasteiger partial charge in [-0.05, 0) is 38.6 Å². The van der Waals surface area contributed by atoms with Crippen molar-refractivity contribution in [3.05, 3.63) is 0 Å². The highest BCUT2D eigenvalue weighted by Gasteiger charge is 2.38. The van der Waals surface area contributed by atoms with E-state index in [0.717, 1.165) is 19.3 Å². The van der Waals surface area contributed by atoms with Crippen molar-refractivity contribution >= 4 is 5.78 Å². The Balaban J connectivity index is 1.96. The Morgan fingerprint density at radius 3 is 2.31 bits per heavy atom. The summed E-state index contributed by atoms with van der Waals surface area (Å²) in [6.45, 7) is 4.29. The summed E-state index contributed by atoms with van der Waals surface area (Å²) in [6, 6.07) is 1.38. The Hall–Kier alpha value is -0.370. The number of fused-ring (bicyclic) bond motifs is 2. The van der Waals surface area contributed by atoms with Crippen LogP contribution in [-0.4, -0.2) is 29.8 Å². The van der Waals surface area contributed by atoms with Crippen LogP contribution in [0, 0.1) is 11.8 Å². The summed E-state index contributed by atoms with van der Waals surface area (Å²) in [5.41, 5.74) is 0. The standard InChI is InChI=1S/C14H25NO/c1-10(2)7-14(16)11-8-12-5-4-6-13(9-11)15(12)3/h10-13H,4-9H2,1-3H3. The second-order valence-corrected chi connectivity index (χ2v) is 6.14. The van der Waals surface area contributed by atoms with E-state index in [0.29, 0.717) is 29.7 Å². The maximum absolute atomic E-state index is 12.1. The van der Waals surface area contributed by atoms with Crippen molar-refractivity contribution in [3.63, 3.8) is 0 Å². The molecule has 2 fully saturated rings. The number of nitrogens with zero attached hydrogens (tertiary/aromatic N) is 1. The predicted molar refractivity (Wildman–Crippen MR) is 66.4 cm³/mol. The van der Waals surface area contributed by atoms with Gasteiger partial charge in [0.1, 0.15) is 5.78 Å². The maximum Gasteiger partial charge on any atom is 0.136 e. The summed E-state index contributed by atoms with van der Waals surface area (Å²) in [5.74, 6) is 1.42. The van der Waals surface area contributed by atoms with Crippen LogP contribution in [0.2, 0.25) is 0 Å². The third-order valence-corrected chi connectivity index (χ3v) is 4.40. The van der Waals surface area contributed by atoms with Gasteiger partial charge >= 0.3 is 0 Å². The lowest BCUT2D eigenvalue weighted by Gasteiger charge is -2.46.